The average molecular weight is 529 g/mol. The van der Waals surface area contributed by atoms with Crippen molar-refractivity contribution < 1.29 is 28.8 Å². The van der Waals surface area contributed by atoms with Crippen molar-refractivity contribution >= 4 is 16.7 Å². The van der Waals surface area contributed by atoms with Gasteiger partial charge < -0.3 is 19.8 Å². The Morgan fingerprint density at radius 1 is 1.22 bits per heavy atom. The van der Waals surface area contributed by atoms with Gasteiger partial charge in [-0.3, -0.25) is 13.9 Å². The molecule has 0 amide bonds. The third kappa shape index (κ3) is 6.02. The van der Waals surface area contributed by atoms with E-state index in [1.165, 1.54) is 0 Å². The molecule has 9 heteroatoms. The topological polar surface area (TPSA) is 114 Å². The molecule has 2 heterocycles. The summed E-state index contributed by atoms with van der Waals surface area (Å²) in [5, 5.41) is 20.3. The minimum atomic E-state index is -3.31. The van der Waals surface area contributed by atoms with Gasteiger partial charge in [0.15, 0.2) is 0 Å². The molecule has 2 aromatic carbocycles. The highest BCUT2D eigenvalue weighted by Gasteiger charge is 2.34. The maximum atomic E-state index is 11.8. The van der Waals surface area contributed by atoms with Crippen LogP contribution in [-0.4, -0.2) is 59.9 Å². The number of aliphatic carboxylic acids is 1. The molecular formula is C28H36N2O6S. The number of benzene rings is 2. The van der Waals surface area contributed by atoms with E-state index >= 15 is 0 Å². The van der Waals surface area contributed by atoms with Crippen LogP contribution in [0.2, 0.25) is 0 Å². The van der Waals surface area contributed by atoms with Crippen molar-refractivity contribution in [3.05, 3.63) is 83.1 Å². The molecule has 2 unspecified atom stereocenters. The largest absolute Gasteiger partial charge is 0.487 e. The van der Waals surface area contributed by atoms with Crippen LogP contribution >= 0.6 is 10.8 Å². The van der Waals surface area contributed by atoms with Gasteiger partial charge in [0.05, 0.1) is 13.0 Å². The number of aliphatic hydroxyl groups excluding tert-OH is 1. The molecule has 200 valence electrons. The molecule has 0 saturated carbocycles. The van der Waals surface area contributed by atoms with E-state index in [0.29, 0.717) is 23.7 Å². The van der Waals surface area contributed by atoms with E-state index in [1.54, 1.807) is 34.6 Å². The second-order valence-electron chi connectivity index (χ2n) is 9.69. The zero-order chi connectivity index (χ0) is 26.7. The van der Waals surface area contributed by atoms with Crippen LogP contribution in [0.1, 0.15) is 49.3 Å². The van der Waals surface area contributed by atoms with E-state index < -0.39 is 28.9 Å². The lowest BCUT2D eigenvalue weighted by Crippen LogP contribution is -2.33. The molecule has 8 nitrogen and oxygen atoms in total. The number of carboxylic acids is 1. The van der Waals surface area contributed by atoms with Gasteiger partial charge in [-0.15, -0.1) is 10.8 Å². The number of nitrogens with zero attached hydrogens (tertiary/aromatic N) is 2. The second kappa shape index (κ2) is 11.3. The fourth-order valence-corrected chi connectivity index (χ4v) is 6.54. The molecule has 0 aliphatic carbocycles. The zero-order valence-corrected chi connectivity index (χ0v) is 22.3. The highest BCUT2D eigenvalue weighted by molar-refractivity contribution is 8.22. The standard InChI is InChI=1S/C28H36N2O6S/c1-4-12-29-13-11-22(15-27(29)31)24(16-28(32)33)21-10-9-19(2)23(14-21)18-30-17-20(3)36-25-7-5-6-8-26(25)37(30,34)35/h5-11,13-15,20,24,27,31,34-35H,4,12,16-18H2,1-3H3,(H,32,33)/t20-,24?,27?/m1/s1. The van der Waals surface area contributed by atoms with Gasteiger partial charge in [0.1, 0.15) is 23.0 Å². The molecule has 0 radical (unpaired) electrons. The first-order chi connectivity index (χ1) is 17.6. The Balaban J connectivity index is 1.66. The van der Waals surface area contributed by atoms with Crippen molar-refractivity contribution in [2.45, 2.75) is 63.3 Å². The molecule has 4 N–H and O–H groups in total. The fourth-order valence-electron chi connectivity index (χ4n) is 4.87. The van der Waals surface area contributed by atoms with Crippen molar-refractivity contribution in [1.29, 1.82) is 0 Å². The number of ether oxygens (including phenoxy) is 1. The van der Waals surface area contributed by atoms with Gasteiger partial charge in [-0.25, -0.2) is 0 Å². The molecule has 3 atom stereocenters. The number of para-hydroxylation sites is 1. The van der Waals surface area contributed by atoms with Crippen LogP contribution in [0.15, 0.2) is 71.3 Å². The number of allylic oxidation sites excluding steroid dienone is 2. The Bertz CT molecular complexity index is 1200. The summed E-state index contributed by atoms with van der Waals surface area (Å²) >= 11 is 0. The lowest BCUT2D eigenvalue weighted by molar-refractivity contribution is -0.137. The maximum absolute atomic E-state index is 11.8. The summed E-state index contributed by atoms with van der Waals surface area (Å²) < 4.78 is 30.2. The van der Waals surface area contributed by atoms with E-state index in [2.05, 4.69) is 0 Å². The zero-order valence-electron chi connectivity index (χ0n) is 21.4. The quantitative estimate of drug-likeness (QED) is 0.363. The summed E-state index contributed by atoms with van der Waals surface area (Å²) in [6.45, 7) is 7.15. The number of carbonyl (C=O) groups is 1. The van der Waals surface area contributed by atoms with Crippen molar-refractivity contribution in [2.75, 3.05) is 13.1 Å². The summed E-state index contributed by atoms with van der Waals surface area (Å²) in [4.78, 5) is 14.0. The maximum Gasteiger partial charge on any atom is 0.304 e. The van der Waals surface area contributed by atoms with Gasteiger partial charge in [0, 0.05) is 25.2 Å². The molecule has 2 aliphatic rings. The molecule has 4 rings (SSSR count). The number of carboxylic acid groups (broad SMARTS) is 1. The molecule has 37 heavy (non-hydrogen) atoms. The molecule has 0 spiro atoms. The minimum absolute atomic E-state index is 0.129. The van der Waals surface area contributed by atoms with Gasteiger partial charge in [0.25, 0.3) is 0 Å². The molecular weight excluding hydrogens is 492 g/mol. The Morgan fingerprint density at radius 2 is 1.97 bits per heavy atom. The first-order valence-corrected chi connectivity index (χ1v) is 14.0. The number of hydrogen-bond donors (Lipinski definition) is 4. The number of aliphatic hydroxyl groups is 1. The monoisotopic (exact) mass is 528 g/mol. The number of aryl methyl sites for hydroxylation is 1. The summed E-state index contributed by atoms with van der Waals surface area (Å²) in [6, 6.07) is 12.8. The summed E-state index contributed by atoms with van der Waals surface area (Å²) in [7, 11) is -3.31. The number of fused-ring (bicyclic) bond motifs is 1. The third-order valence-corrected chi connectivity index (χ3v) is 8.74. The predicted octanol–water partition coefficient (Wildman–Crippen LogP) is 5.35. The Kier molecular flexibility index (Phi) is 8.30. The van der Waals surface area contributed by atoms with Crippen LogP contribution in [0.4, 0.5) is 0 Å². The van der Waals surface area contributed by atoms with E-state index in [4.69, 9.17) is 4.74 Å². The molecule has 0 bridgehead atoms. The first-order valence-electron chi connectivity index (χ1n) is 12.5. The summed E-state index contributed by atoms with van der Waals surface area (Å²) in [6.07, 6.45) is 5.08. The minimum Gasteiger partial charge on any atom is -0.487 e. The first kappa shape index (κ1) is 27.2. The van der Waals surface area contributed by atoms with Crippen LogP contribution in [-0.2, 0) is 11.3 Å². The highest BCUT2D eigenvalue weighted by atomic mass is 32.3. The second-order valence-corrected chi connectivity index (χ2v) is 11.7. The molecule has 0 fully saturated rings. The van der Waals surface area contributed by atoms with Gasteiger partial charge >= 0.3 is 5.97 Å². The average Bonchev–Trinajstić information content (AvgIpc) is 2.93. The van der Waals surface area contributed by atoms with Crippen LogP contribution in [0, 0.1) is 6.92 Å². The highest BCUT2D eigenvalue weighted by Crippen LogP contribution is 2.57. The van der Waals surface area contributed by atoms with Gasteiger partial charge in [-0.1, -0.05) is 37.3 Å². The summed E-state index contributed by atoms with van der Waals surface area (Å²) in [5.74, 6) is -0.925. The molecule has 0 saturated heterocycles. The SMILES string of the molecule is CCCN1C=CC(C(CC(=O)O)c2ccc(C)c(CN3C[C@@H](C)Oc4ccccc4S3(O)O)c2)=CC1O. The van der Waals surface area contributed by atoms with Crippen molar-refractivity contribution in [3.63, 3.8) is 0 Å². The molecule has 2 aliphatic heterocycles. The van der Waals surface area contributed by atoms with Gasteiger partial charge in [-0.2, -0.15) is 4.31 Å². The van der Waals surface area contributed by atoms with Crippen LogP contribution in [0.3, 0.4) is 0 Å². The fraction of sp³-hybridized carbons (Fsp3) is 0.393. The number of rotatable bonds is 8. The van der Waals surface area contributed by atoms with Crippen LogP contribution < -0.4 is 4.74 Å². The lowest BCUT2D eigenvalue weighted by atomic mass is 9.85. The van der Waals surface area contributed by atoms with Crippen molar-refractivity contribution in [2.24, 2.45) is 0 Å². The normalized spacial score (nSPS) is 22.9. The van der Waals surface area contributed by atoms with Crippen molar-refractivity contribution in [3.8, 4) is 5.75 Å². The molecule has 2 aromatic rings. The van der Waals surface area contributed by atoms with Crippen molar-refractivity contribution in [1.82, 2.24) is 9.21 Å². The smallest absolute Gasteiger partial charge is 0.304 e. The van der Waals surface area contributed by atoms with Crippen LogP contribution in [0.5, 0.6) is 5.75 Å². The van der Waals surface area contributed by atoms with E-state index in [9.17, 15) is 24.1 Å². The Hall–Kier alpha value is -2.82. The Labute approximate surface area is 220 Å². The van der Waals surface area contributed by atoms with Gasteiger partial charge in [0.2, 0.25) is 0 Å². The third-order valence-electron chi connectivity index (χ3n) is 6.82. The van der Waals surface area contributed by atoms with Crippen LogP contribution in [0.25, 0.3) is 0 Å². The van der Waals surface area contributed by atoms with E-state index in [1.807, 2.05) is 56.1 Å². The predicted molar refractivity (Wildman–Crippen MR) is 144 cm³/mol. The summed E-state index contributed by atoms with van der Waals surface area (Å²) in [5.41, 5.74) is 3.37. The lowest BCUT2D eigenvalue weighted by Gasteiger charge is -2.42. The van der Waals surface area contributed by atoms with E-state index in [-0.39, 0.29) is 19.1 Å². The van der Waals surface area contributed by atoms with E-state index in [0.717, 1.165) is 28.7 Å². The van der Waals surface area contributed by atoms with Gasteiger partial charge in [-0.05, 0) is 66.8 Å². The molecule has 0 aromatic heterocycles. The number of hydrogen-bond acceptors (Lipinski definition) is 7. The Morgan fingerprint density at radius 3 is 2.68 bits per heavy atom.